The minimum atomic E-state index is -0.0469. The van der Waals surface area contributed by atoms with Crippen LogP contribution in [0.25, 0.3) is 6.08 Å². The maximum Gasteiger partial charge on any atom is 0.130 e. The number of thiol groups is 1. The van der Waals surface area contributed by atoms with Crippen LogP contribution < -0.4 is 0 Å². The van der Waals surface area contributed by atoms with Crippen molar-refractivity contribution < 1.29 is 9.52 Å². The predicted molar refractivity (Wildman–Crippen MR) is 47.5 cm³/mol. The summed E-state index contributed by atoms with van der Waals surface area (Å²) in [5, 5.41) is 8.64. The van der Waals surface area contributed by atoms with Crippen LogP contribution in [0.2, 0.25) is 0 Å². The largest absolute Gasteiger partial charge is 0.459 e. The molecule has 11 heavy (non-hydrogen) atoms. The molecule has 0 atom stereocenters. The molecule has 0 amide bonds. The Bertz CT molecular complexity index is 240. The smallest absolute Gasteiger partial charge is 0.130 e. The third kappa shape index (κ3) is 2.44. The van der Waals surface area contributed by atoms with Gasteiger partial charge in [0.05, 0.1) is 0 Å². The van der Waals surface area contributed by atoms with Gasteiger partial charge >= 0.3 is 0 Å². The van der Waals surface area contributed by atoms with Gasteiger partial charge in [-0.3, -0.25) is 0 Å². The first-order valence-corrected chi connectivity index (χ1v) is 3.97. The molecule has 1 heterocycles. The summed E-state index contributed by atoms with van der Waals surface area (Å²) < 4.78 is 5.16. The summed E-state index contributed by atoms with van der Waals surface area (Å²) in [7, 11) is 0. The van der Waals surface area contributed by atoms with Crippen molar-refractivity contribution in [1.82, 2.24) is 0 Å². The number of hydrogen-bond donors (Lipinski definition) is 2. The Labute approximate surface area is 70.9 Å². The molecule has 1 rings (SSSR count). The third-order valence-corrected chi connectivity index (χ3v) is 1.44. The second-order valence-corrected chi connectivity index (χ2v) is 2.41. The average Bonchev–Trinajstić information content (AvgIpc) is 2.48. The van der Waals surface area contributed by atoms with Gasteiger partial charge in [0.15, 0.2) is 0 Å². The molecule has 1 aromatic heterocycles. The molecule has 1 aromatic rings. The molecule has 0 saturated carbocycles. The van der Waals surface area contributed by atoms with E-state index < -0.39 is 0 Å². The molecule has 0 spiro atoms. The Morgan fingerprint density at radius 3 is 2.91 bits per heavy atom. The van der Waals surface area contributed by atoms with Crippen molar-refractivity contribution in [3.63, 3.8) is 0 Å². The van der Waals surface area contributed by atoms with Gasteiger partial charge in [-0.1, -0.05) is 6.08 Å². The summed E-state index contributed by atoms with van der Waals surface area (Å²) in [5.74, 6) is 2.03. The molecule has 1 N–H and O–H groups in total. The SMILES string of the molecule is OCc1ccc(C=CCS)o1. The van der Waals surface area contributed by atoms with E-state index in [2.05, 4.69) is 12.6 Å². The van der Waals surface area contributed by atoms with Crippen molar-refractivity contribution in [2.45, 2.75) is 6.61 Å². The predicted octanol–water partition coefficient (Wildman–Crippen LogP) is 1.71. The average molecular weight is 170 g/mol. The molecular weight excluding hydrogens is 160 g/mol. The highest BCUT2D eigenvalue weighted by Gasteiger charge is 1.95. The van der Waals surface area contributed by atoms with Crippen LogP contribution in [-0.2, 0) is 6.61 Å². The first-order chi connectivity index (χ1) is 5.36. The highest BCUT2D eigenvalue weighted by atomic mass is 32.1. The molecule has 0 unspecified atom stereocenters. The quantitative estimate of drug-likeness (QED) is 0.677. The van der Waals surface area contributed by atoms with Crippen molar-refractivity contribution in [1.29, 1.82) is 0 Å². The standard InChI is InChI=1S/C8H10O2S/c9-6-8-4-3-7(10-8)2-1-5-11/h1-4,9,11H,5-6H2. The highest BCUT2D eigenvalue weighted by Crippen LogP contribution is 2.08. The Balaban J connectivity index is 2.65. The van der Waals surface area contributed by atoms with Gasteiger partial charge in [0, 0.05) is 5.75 Å². The van der Waals surface area contributed by atoms with Crippen molar-refractivity contribution in [3.05, 3.63) is 29.7 Å². The lowest BCUT2D eigenvalue weighted by Gasteiger charge is -1.85. The minimum Gasteiger partial charge on any atom is -0.459 e. The van der Waals surface area contributed by atoms with Gasteiger partial charge in [-0.05, 0) is 18.2 Å². The molecule has 0 aliphatic carbocycles. The van der Waals surface area contributed by atoms with E-state index >= 15 is 0 Å². The van der Waals surface area contributed by atoms with Crippen LogP contribution in [0.15, 0.2) is 22.6 Å². The van der Waals surface area contributed by atoms with E-state index in [1.165, 1.54) is 0 Å². The van der Waals surface area contributed by atoms with Crippen LogP contribution in [-0.4, -0.2) is 10.9 Å². The van der Waals surface area contributed by atoms with E-state index in [1.807, 2.05) is 18.2 Å². The molecule has 0 aromatic carbocycles. The van der Waals surface area contributed by atoms with Crippen LogP contribution in [0.1, 0.15) is 11.5 Å². The van der Waals surface area contributed by atoms with Crippen molar-refractivity contribution in [2.24, 2.45) is 0 Å². The molecule has 0 bridgehead atoms. The van der Waals surface area contributed by atoms with E-state index in [0.717, 1.165) is 5.76 Å². The highest BCUT2D eigenvalue weighted by molar-refractivity contribution is 7.80. The molecular formula is C8H10O2S. The lowest BCUT2D eigenvalue weighted by molar-refractivity contribution is 0.246. The zero-order chi connectivity index (χ0) is 8.10. The van der Waals surface area contributed by atoms with Gasteiger partial charge in [0.2, 0.25) is 0 Å². The normalized spacial score (nSPS) is 11.1. The Kier molecular flexibility index (Phi) is 3.26. The molecule has 2 nitrogen and oxygen atoms in total. The number of aliphatic hydroxyl groups excluding tert-OH is 1. The first-order valence-electron chi connectivity index (χ1n) is 3.34. The number of rotatable bonds is 3. The molecule has 3 heteroatoms. The van der Waals surface area contributed by atoms with Crippen LogP contribution >= 0.6 is 12.6 Å². The lowest BCUT2D eigenvalue weighted by Crippen LogP contribution is -1.73. The van der Waals surface area contributed by atoms with Gasteiger partial charge < -0.3 is 9.52 Å². The molecule has 60 valence electrons. The summed E-state index contributed by atoms with van der Waals surface area (Å²) in [5.41, 5.74) is 0. The molecule has 0 aliphatic rings. The summed E-state index contributed by atoms with van der Waals surface area (Å²) in [4.78, 5) is 0. The summed E-state index contributed by atoms with van der Waals surface area (Å²) in [6, 6.07) is 3.56. The second-order valence-electron chi connectivity index (χ2n) is 2.05. The molecule has 0 fully saturated rings. The lowest BCUT2D eigenvalue weighted by atomic mass is 10.4. The van der Waals surface area contributed by atoms with E-state index in [4.69, 9.17) is 9.52 Å². The second kappa shape index (κ2) is 4.26. The van der Waals surface area contributed by atoms with E-state index in [0.29, 0.717) is 11.5 Å². The van der Waals surface area contributed by atoms with Crippen LogP contribution in [0, 0.1) is 0 Å². The topological polar surface area (TPSA) is 33.4 Å². The molecule has 0 radical (unpaired) electrons. The summed E-state index contributed by atoms with van der Waals surface area (Å²) >= 11 is 4.00. The van der Waals surface area contributed by atoms with Gasteiger partial charge in [-0.25, -0.2) is 0 Å². The fourth-order valence-corrected chi connectivity index (χ4v) is 0.843. The van der Waals surface area contributed by atoms with Gasteiger partial charge in [0.25, 0.3) is 0 Å². The van der Waals surface area contributed by atoms with Crippen LogP contribution in [0.3, 0.4) is 0 Å². The van der Waals surface area contributed by atoms with Gasteiger partial charge in [-0.15, -0.1) is 0 Å². The van der Waals surface area contributed by atoms with E-state index in [-0.39, 0.29) is 6.61 Å². The number of furan rings is 1. The molecule has 0 aliphatic heterocycles. The van der Waals surface area contributed by atoms with Crippen LogP contribution in [0.5, 0.6) is 0 Å². The minimum absolute atomic E-state index is 0.0469. The number of aliphatic hydroxyl groups is 1. The van der Waals surface area contributed by atoms with Crippen molar-refractivity contribution in [2.75, 3.05) is 5.75 Å². The van der Waals surface area contributed by atoms with Crippen LogP contribution in [0.4, 0.5) is 0 Å². The van der Waals surface area contributed by atoms with Gasteiger partial charge in [-0.2, -0.15) is 12.6 Å². The third-order valence-electron chi connectivity index (χ3n) is 1.23. The summed E-state index contributed by atoms with van der Waals surface area (Å²) in [6.45, 7) is -0.0469. The number of hydrogen-bond acceptors (Lipinski definition) is 3. The van der Waals surface area contributed by atoms with Crippen molar-refractivity contribution >= 4 is 18.7 Å². The summed E-state index contributed by atoms with van der Waals surface area (Å²) in [6.07, 6.45) is 3.70. The fourth-order valence-electron chi connectivity index (χ4n) is 0.738. The Morgan fingerprint density at radius 2 is 2.36 bits per heavy atom. The maximum atomic E-state index is 8.64. The Morgan fingerprint density at radius 1 is 1.55 bits per heavy atom. The van der Waals surface area contributed by atoms with Crippen molar-refractivity contribution in [3.8, 4) is 0 Å². The Hall–Kier alpha value is -0.670. The maximum absolute atomic E-state index is 8.64. The fraction of sp³-hybridized carbons (Fsp3) is 0.250. The first kappa shape index (κ1) is 8.43. The zero-order valence-electron chi connectivity index (χ0n) is 6.03. The molecule has 0 saturated heterocycles. The van der Waals surface area contributed by atoms with E-state index in [9.17, 15) is 0 Å². The van der Waals surface area contributed by atoms with E-state index in [1.54, 1.807) is 6.07 Å². The zero-order valence-corrected chi connectivity index (χ0v) is 6.92. The van der Waals surface area contributed by atoms with Gasteiger partial charge in [0.1, 0.15) is 18.1 Å². The monoisotopic (exact) mass is 170 g/mol.